The minimum absolute atomic E-state index is 0.640. The van der Waals surface area contributed by atoms with Gasteiger partial charge in [-0.1, -0.05) is 157 Å². The Morgan fingerprint density at radius 3 is 1.59 bits per heavy atom. The van der Waals surface area contributed by atoms with Gasteiger partial charge >= 0.3 is 0 Å². The summed E-state index contributed by atoms with van der Waals surface area (Å²) in [6, 6.07) is 62.3. The van der Waals surface area contributed by atoms with Crippen LogP contribution < -0.4 is 20.9 Å². The lowest BCUT2D eigenvalue weighted by atomic mass is 10.0. The van der Waals surface area contributed by atoms with Crippen LogP contribution in [-0.2, 0) is 13.1 Å². The van der Waals surface area contributed by atoms with E-state index in [2.05, 4.69) is 109 Å². The molecule has 5 heteroatoms. The molecule has 4 N–H and O–H groups in total. The van der Waals surface area contributed by atoms with Crippen molar-refractivity contribution in [3.63, 3.8) is 0 Å². The zero-order valence-corrected chi connectivity index (χ0v) is 30.2. The van der Waals surface area contributed by atoms with Crippen LogP contribution in [0.3, 0.4) is 0 Å². The lowest BCUT2D eigenvalue weighted by molar-refractivity contribution is 0.366. The first kappa shape index (κ1) is 34.4. The molecule has 0 unspecified atom stereocenters. The zero-order chi connectivity index (χ0) is 36.9. The van der Waals surface area contributed by atoms with E-state index in [0.717, 1.165) is 50.5 Å². The van der Waals surface area contributed by atoms with E-state index < -0.39 is 0 Å². The number of para-hydroxylation sites is 3. The highest BCUT2D eigenvalue weighted by atomic mass is 16.6. The van der Waals surface area contributed by atoms with Gasteiger partial charge in [0.05, 0.1) is 5.52 Å². The Balaban J connectivity index is 0.000000214. The maximum absolute atomic E-state index is 6.68. The largest absolute Gasteiger partial charge is 0.449 e. The summed E-state index contributed by atoms with van der Waals surface area (Å²) in [5, 5.41) is 4.54. The van der Waals surface area contributed by atoms with E-state index in [1.165, 1.54) is 38.6 Å². The van der Waals surface area contributed by atoms with Crippen LogP contribution in [0.4, 0.5) is 0 Å². The van der Waals surface area contributed by atoms with Gasteiger partial charge in [-0.05, 0) is 64.9 Å². The summed E-state index contributed by atoms with van der Waals surface area (Å²) in [7, 11) is 0. The van der Waals surface area contributed by atoms with Gasteiger partial charge in [-0.25, -0.2) is 0 Å². The third kappa shape index (κ3) is 6.82. The Bertz CT molecular complexity index is 2660. The van der Waals surface area contributed by atoms with Gasteiger partial charge in [0, 0.05) is 34.9 Å². The predicted octanol–water partition coefficient (Wildman–Crippen LogP) is 12.1. The maximum Gasteiger partial charge on any atom is 0.195 e. The summed E-state index contributed by atoms with van der Waals surface area (Å²) in [4.78, 5) is 0. The molecule has 0 aliphatic carbocycles. The van der Waals surface area contributed by atoms with Gasteiger partial charge in [0.15, 0.2) is 23.0 Å². The van der Waals surface area contributed by atoms with Gasteiger partial charge in [-0.15, -0.1) is 0 Å². The van der Waals surface area contributed by atoms with Crippen LogP contribution in [0.2, 0.25) is 0 Å². The number of rotatable bonds is 4. The van der Waals surface area contributed by atoms with Crippen LogP contribution in [0.1, 0.15) is 16.7 Å². The highest BCUT2D eigenvalue weighted by Crippen LogP contribution is 2.54. The van der Waals surface area contributed by atoms with Crippen LogP contribution >= 0.6 is 0 Å². The van der Waals surface area contributed by atoms with Crippen molar-refractivity contribution in [3.8, 4) is 39.8 Å². The summed E-state index contributed by atoms with van der Waals surface area (Å²) >= 11 is 0. The first-order valence-electron chi connectivity index (χ1n) is 18.2. The molecule has 0 amide bonds. The van der Waals surface area contributed by atoms with Crippen molar-refractivity contribution < 1.29 is 9.47 Å². The second kappa shape index (κ2) is 15.5. The number of ether oxygens (including phenoxy) is 2. The minimum atomic E-state index is 0.640. The lowest BCUT2D eigenvalue weighted by Gasteiger charge is -2.24. The fraction of sp³-hybridized carbons (Fsp3) is 0.0612. The number of nitrogens with two attached hydrogens (primary N) is 2. The topological polar surface area (TPSA) is 75.4 Å². The average molecular weight is 704 g/mol. The molecule has 10 rings (SSSR count). The van der Waals surface area contributed by atoms with Crippen molar-refractivity contribution in [2.45, 2.75) is 20.0 Å². The Hall–Kier alpha value is -6.66. The second-order valence-corrected chi connectivity index (χ2v) is 13.2. The SMILES string of the molecule is Cc1cccc(-c2cccc(-n3c4ccccc4c4c5ccccc5c5c(c43)Oc3ccccc3O5)c2)c1.NCc1ccccc1.NCc1ccccc1. The molecule has 0 radical (unpaired) electrons. The van der Waals surface area contributed by atoms with Crippen LogP contribution in [0.25, 0.3) is 49.4 Å². The molecule has 0 bridgehead atoms. The predicted molar refractivity (Wildman–Crippen MR) is 224 cm³/mol. The molecule has 264 valence electrons. The summed E-state index contributed by atoms with van der Waals surface area (Å²) in [6.07, 6.45) is 0. The highest BCUT2D eigenvalue weighted by molar-refractivity contribution is 6.25. The van der Waals surface area contributed by atoms with Gasteiger partial charge in [-0.2, -0.15) is 0 Å². The number of aromatic nitrogens is 1. The highest BCUT2D eigenvalue weighted by Gasteiger charge is 2.29. The summed E-state index contributed by atoms with van der Waals surface area (Å²) in [5.74, 6) is 2.95. The van der Waals surface area contributed by atoms with Gasteiger partial charge < -0.3 is 25.5 Å². The van der Waals surface area contributed by atoms with Gasteiger partial charge in [0.2, 0.25) is 0 Å². The Labute approximate surface area is 315 Å². The number of aryl methyl sites for hydroxylation is 1. The molecule has 0 atom stereocenters. The number of fused-ring (bicyclic) bond motifs is 9. The minimum Gasteiger partial charge on any atom is -0.449 e. The van der Waals surface area contributed by atoms with Crippen molar-refractivity contribution in [3.05, 3.63) is 199 Å². The zero-order valence-electron chi connectivity index (χ0n) is 30.2. The normalized spacial score (nSPS) is 11.3. The van der Waals surface area contributed by atoms with Crippen molar-refractivity contribution in [2.75, 3.05) is 0 Å². The van der Waals surface area contributed by atoms with Crippen molar-refractivity contribution in [1.29, 1.82) is 0 Å². The van der Waals surface area contributed by atoms with Crippen LogP contribution in [0.5, 0.6) is 23.0 Å². The molecular formula is C49H41N3O2. The summed E-state index contributed by atoms with van der Waals surface area (Å²) < 4.78 is 15.6. The fourth-order valence-corrected chi connectivity index (χ4v) is 7.04. The number of hydrogen-bond donors (Lipinski definition) is 2. The van der Waals surface area contributed by atoms with Crippen LogP contribution in [-0.4, -0.2) is 4.57 Å². The third-order valence-electron chi connectivity index (χ3n) is 9.62. The monoisotopic (exact) mass is 703 g/mol. The Morgan fingerprint density at radius 1 is 0.463 bits per heavy atom. The van der Waals surface area contributed by atoms with Gasteiger partial charge in [-0.3, -0.25) is 0 Å². The molecule has 8 aromatic carbocycles. The first-order valence-corrected chi connectivity index (χ1v) is 18.2. The first-order chi connectivity index (χ1) is 26.6. The molecule has 1 aromatic heterocycles. The average Bonchev–Trinajstić information content (AvgIpc) is 3.60. The molecule has 0 fully saturated rings. The fourth-order valence-electron chi connectivity index (χ4n) is 7.04. The van der Waals surface area contributed by atoms with Crippen molar-refractivity contribution in [2.24, 2.45) is 11.5 Å². The molecule has 0 saturated heterocycles. The standard InChI is InChI=1S/C35H23NO2.2C7H9N/c1-22-10-8-11-23(20-22)24-12-9-13-25(21-24)36-29-17-5-4-16-28(29)32-26-14-2-3-15-27(26)34-35(33(32)36)38-31-19-7-6-18-30(31)37-34;2*8-6-7-4-2-1-3-5-7/h2-21H,1H3;2*1-5H,6,8H2. The molecule has 1 aliphatic heterocycles. The molecule has 0 saturated carbocycles. The van der Waals surface area contributed by atoms with Gasteiger partial charge in [0.25, 0.3) is 0 Å². The van der Waals surface area contributed by atoms with Crippen molar-refractivity contribution >= 4 is 32.6 Å². The van der Waals surface area contributed by atoms with E-state index in [1.54, 1.807) is 0 Å². The second-order valence-electron chi connectivity index (χ2n) is 13.2. The van der Waals surface area contributed by atoms with Gasteiger partial charge in [0.1, 0.15) is 5.52 Å². The number of nitrogens with zero attached hydrogens (tertiary/aromatic N) is 1. The smallest absolute Gasteiger partial charge is 0.195 e. The van der Waals surface area contributed by atoms with Crippen LogP contribution in [0.15, 0.2) is 182 Å². The van der Waals surface area contributed by atoms with Crippen LogP contribution in [0, 0.1) is 6.92 Å². The lowest BCUT2D eigenvalue weighted by Crippen LogP contribution is -2.03. The maximum atomic E-state index is 6.68. The molecule has 0 spiro atoms. The van der Waals surface area contributed by atoms with E-state index >= 15 is 0 Å². The van der Waals surface area contributed by atoms with E-state index in [9.17, 15) is 0 Å². The molecule has 1 aliphatic rings. The van der Waals surface area contributed by atoms with E-state index in [-0.39, 0.29) is 0 Å². The van der Waals surface area contributed by atoms with Crippen molar-refractivity contribution in [1.82, 2.24) is 4.57 Å². The summed E-state index contributed by atoms with van der Waals surface area (Å²) in [6.45, 7) is 3.41. The summed E-state index contributed by atoms with van der Waals surface area (Å²) in [5.41, 5.74) is 19.9. The Morgan fingerprint density at radius 2 is 0.981 bits per heavy atom. The molecule has 9 aromatic rings. The Kier molecular flexibility index (Phi) is 9.90. The molecule has 54 heavy (non-hydrogen) atoms. The molecular weight excluding hydrogens is 663 g/mol. The van der Waals surface area contributed by atoms with E-state index in [0.29, 0.717) is 13.1 Å². The van der Waals surface area contributed by atoms with E-state index in [1.807, 2.05) is 84.9 Å². The number of hydrogen-bond acceptors (Lipinski definition) is 4. The van der Waals surface area contributed by atoms with E-state index in [4.69, 9.17) is 20.9 Å². The quantitative estimate of drug-likeness (QED) is 0.191. The third-order valence-corrected chi connectivity index (χ3v) is 9.62. The molecule has 2 heterocycles. The molecule has 5 nitrogen and oxygen atoms in total. The number of benzene rings is 8.